The maximum atomic E-state index is 4.30. The maximum Gasteiger partial charge on any atom is 0.159 e. The lowest BCUT2D eigenvalue weighted by molar-refractivity contribution is 0.918. The Bertz CT molecular complexity index is 279. The summed E-state index contributed by atoms with van der Waals surface area (Å²) in [4.78, 5) is 9.66. The topological polar surface area (TPSA) is 25.2 Å². The van der Waals surface area contributed by atoms with Crippen molar-refractivity contribution in [2.75, 3.05) is 6.54 Å². The van der Waals surface area contributed by atoms with E-state index in [0.717, 1.165) is 16.9 Å². The molecule has 0 radical (unpaired) electrons. The summed E-state index contributed by atoms with van der Waals surface area (Å²) in [7, 11) is 0. The number of aliphatic imine (C=N–C) groups is 1. The normalized spacial score (nSPS) is 15.3. The molecule has 1 aliphatic heterocycles. The van der Waals surface area contributed by atoms with E-state index < -0.39 is 0 Å². The largest absolute Gasteiger partial charge is 0.291 e. The number of thiazole rings is 1. The van der Waals surface area contributed by atoms with Crippen LogP contribution in [-0.4, -0.2) is 17.7 Å². The minimum Gasteiger partial charge on any atom is -0.291 e. The van der Waals surface area contributed by atoms with Gasteiger partial charge in [-0.1, -0.05) is 0 Å². The van der Waals surface area contributed by atoms with E-state index in [0.29, 0.717) is 0 Å². The minimum atomic E-state index is 0.892. The molecule has 10 heavy (non-hydrogen) atoms. The van der Waals surface area contributed by atoms with Gasteiger partial charge in [0, 0.05) is 19.2 Å². The van der Waals surface area contributed by atoms with Gasteiger partial charge in [-0.15, -0.1) is 11.3 Å². The Balaban J connectivity index is 2.53. The fraction of sp³-hybridized carbons (Fsp3) is 0.333. The molecule has 1 aromatic heterocycles. The highest BCUT2D eigenvalue weighted by Crippen LogP contribution is 2.23. The van der Waals surface area contributed by atoms with Crippen LogP contribution in [0.25, 0.3) is 0 Å². The third-order valence-corrected chi connectivity index (χ3v) is 2.87. The number of fused-ring (bicyclic) bond motifs is 1. The molecule has 0 amide bonds. The molecule has 2 heterocycles. The van der Waals surface area contributed by atoms with Crippen LogP contribution < -0.4 is 0 Å². The van der Waals surface area contributed by atoms with Gasteiger partial charge in [0.1, 0.15) is 0 Å². The van der Waals surface area contributed by atoms with E-state index in [1.165, 1.54) is 10.6 Å². The highest BCUT2D eigenvalue weighted by molar-refractivity contribution is 9.11. The van der Waals surface area contributed by atoms with Crippen LogP contribution in [0.2, 0.25) is 0 Å². The second kappa shape index (κ2) is 2.43. The van der Waals surface area contributed by atoms with Crippen LogP contribution in [0.3, 0.4) is 0 Å². The van der Waals surface area contributed by atoms with Crippen molar-refractivity contribution in [3.05, 3.63) is 14.5 Å². The van der Waals surface area contributed by atoms with Crippen molar-refractivity contribution in [2.45, 2.75) is 6.42 Å². The minimum absolute atomic E-state index is 0.892. The van der Waals surface area contributed by atoms with Crippen molar-refractivity contribution >= 4 is 33.5 Å². The van der Waals surface area contributed by atoms with Gasteiger partial charge in [0.25, 0.3) is 0 Å². The summed E-state index contributed by atoms with van der Waals surface area (Å²) in [6.45, 7) is 0.892. The van der Waals surface area contributed by atoms with Gasteiger partial charge >= 0.3 is 0 Å². The number of rotatable bonds is 0. The van der Waals surface area contributed by atoms with Crippen molar-refractivity contribution in [2.24, 2.45) is 4.99 Å². The molecule has 4 heteroatoms. The summed E-state index contributed by atoms with van der Waals surface area (Å²) in [5, 5.41) is 0. The molecule has 1 aromatic rings. The molecule has 0 N–H and O–H groups in total. The molecule has 0 spiro atoms. The molecule has 0 aromatic carbocycles. The summed E-state index contributed by atoms with van der Waals surface area (Å²) in [6.07, 6.45) is 2.90. The average molecular weight is 217 g/mol. The monoisotopic (exact) mass is 216 g/mol. The quantitative estimate of drug-likeness (QED) is 0.651. The molecule has 0 saturated heterocycles. The Labute approximate surface area is 71.1 Å². The van der Waals surface area contributed by atoms with Crippen molar-refractivity contribution in [3.63, 3.8) is 0 Å². The van der Waals surface area contributed by atoms with Crippen molar-refractivity contribution in [1.29, 1.82) is 0 Å². The number of hydrogen-bond acceptors (Lipinski definition) is 3. The number of hydrogen-bond donors (Lipinski definition) is 0. The molecule has 0 unspecified atom stereocenters. The SMILES string of the molecule is Brc1nc2c(s1)C=NCC2. The molecule has 0 atom stereocenters. The van der Waals surface area contributed by atoms with Gasteiger partial charge in [-0.05, 0) is 15.9 Å². The Morgan fingerprint density at radius 3 is 3.30 bits per heavy atom. The molecule has 0 bridgehead atoms. The molecule has 2 nitrogen and oxygen atoms in total. The lowest BCUT2D eigenvalue weighted by Gasteiger charge is -1.99. The summed E-state index contributed by atoms with van der Waals surface area (Å²) < 4.78 is 0.964. The molecular weight excluding hydrogens is 212 g/mol. The van der Waals surface area contributed by atoms with E-state index in [2.05, 4.69) is 25.9 Å². The van der Waals surface area contributed by atoms with Gasteiger partial charge in [-0.25, -0.2) is 4.98 Å². The second-order valence-electron chi connectivity index (χ2n) is 2.06. The van der Waals surface area contributed by atoms with Crippen LogP contribution in [0.5, 0.6) is 0 Å². The highest BCUT2D eigenvalue weighted by Gasteiger charge is 2.09. The second-order valence-corrected chi connectivity index (χ2v) is 4.37. The summed E-state index contributed by atoms with van der Waals surface area (Å²) in [6, 6.07) is 0. The predicted molar refractivity (Wildman–Crippen MR) is 46.0 cm³/mol. The third kappa shape index (κ3) is 1.01. The van der Waals surface area contributed by atoms with Gasteiger partial charge in [-0.3, -0.25) is 4.99 Å². The Morgan fingerprint density at radius 1 is 1.60 bits per heavy atom. The van der Waals surface area contributed by atoms with Crippen LogP contribution >= 0.6 is 27.3 Å². The maximum absolute atomic E-state index is 4.30. The first-order valence-corrected chi connectivity index (χ1v) is 4.62. The van der Waals surface area contributed by atoms with Gasteiger partial charge < -0.3 is 0 Å². The predicted octanol–water partition coefficient (Wildman–Crippen LogP) is 1.88. The zero-order valence-electron chi connectivity index (χ0n) is 5.17. The van der Waals surface area contributed by atoms with E-state index in [4.69, 9.17) is 0 Å². The van der Waals surface area contributed by atoms with Gasteiger partial charge in [0.2, 0.25) is 0 Å². The number of aromatic nitrogens is 1. The highest BCUT2D eigenvalue weighted by atomic mass is 79.9. The zero-order chi connectivity index (χ0) is 6.97. The Morgan fingerprint density at radius 2 is 2.50 bits per heavy atom. The molecule has 52 valence electrons. The van der Waals surface area contributed by atoms with Crippen molar-refractivity contribution < 1.29 is 0 Å². The van der Waals surface area contributed by atoms with E-state index >= 15 is 0 Å². The van der Waals surface area contributed by atoms with Gasteiger partial charge in [0.15, 0.2) is 3.92 Å². The fourth-order valence-corrected chi connectivity index (χ4v) is 2.40. The number of halogens is 1. The van der Waals surface area contributed by atoms with Crippen molar-refractivity contribution in [1.82, 2.24) is 4.98 Å². The van der Waals surface area contributed by atoms with Gasteiger partial charge in [-0.2, -0.15) is 0 Å². The lowest BCUT2D eigenvalue weighted by atomic mass is 10.2. The van der Waals surface area contributed by atoms with E-state index in [1.54, 1.807) is 11.3 Å². The Hall–Kier alpha value is -0.220. The van der Waals surface area contributed by atoms with E-state index in [1.807, 2.05) is 6.21 Å². The molecular formula is C6H5BrN2S. The molecule has 0 saturated carbocycles. The lowest BCUT2D eigenvalue weighted by Crippen LogP contribution is -1.99. The van der Waals surface area contributed by atoms with E-state index in [-0.39, 0.29) is 0 Å². The smallest absolute Gasteiger partial charge is 0.159 e. The van der Waals surface area contributed by atoms with E-state index in [9.17, 15) is 0 Å². The standard InChI is InChI=1S/C6H5BrN2S/c7-6-9-4-1-2-8-3-5(4)10-6/h3H,1-2H2. The summed E-state index contributed by atoms with van der Waals surface area (Å²) >= 11 is 4.98. The average Bonchev–Trinajstić information content (AvgIpc) is 2.27. The first-order valence-electron chi connectivity index (χ1n) is 3.01. The van der Waals surface area contributed by atoms with Crippen LogP contribution in [0.4, 0.5) is 0 Å². The summed E-state index contributed by atoms with van der Waals surface area (Å²) in [5.74, 6) is 0. The van der Waals surface area contributed by atoms with Crippen LogP contribution in [0, 0.1) is 0 Å². The van der Waals surface area contributed by atoms with Crippen molar-refractivity contribution in [3.8, 4) is 0 Å². The Kier molecular flexibility index (Phi) is 1.58. The molecule has 0 aliphatic carbocycles. The third-order valence-electron chi connectivity index (χ3n) is 1.39. The van der Waals surface area contributed by atoms with Crippen LogP contribution in [0.15, 0.2) is 8.91 Å². The van der Waals surface area contributed by atoms with Crippen LogP contribution in [0.1, 0.15) is 10.6 Å². The first-order chi connectivity index (χ1) is 4.86. The molecule has 2 rings (SSSR count). The number of nitrogens with zero attached hydrogens (tertiary/aromatic N) is 2. The fourth-order valence-electron chi connectivity index (χ4n) is 0.932. The molecule has 0 fully saturated rings. The molecule has 1 aliphatic rings. The first kappa shape index (κ1) is 6.49. The van der Waals surface area contributed by atoms with Gasteiger partial charge in [0.05, 0.1) is 10.6 Å². The summed E-state index contributed by atoms with van der Waals surface area (Å²) in [5.41, 5.74) is 1.19. The van der Waals surface area contributed by atoms with Crippen LogP contribution in [-0.2, 0) is 6.42 Å². The zero-order valence-corrected chi connectivity index (χ0v) is 7.57.